The van der Waals surface area contributed by atoms with Gasteiger partial charge in [-0.1, -0.05) is 44.2 Å². The van der Waals surface area contributed by atoms with E-state index in [1.54, 1.807) is 0 Å². The molecular formula is C18H21F2N. The highest BCUT2D eigenvalue weighted by atomic mass is 19.1. The second-order valence-electron chi connectivity index (χ2n) is 5.12. The van der Waals surface area contributed by atoms with E-state index in [0.29, 0.717) is 6.54 Å². The Bertz CT molecular complexity index is 558. The van der Waals surface area contributed by atoms with Crippen molar-refractivity contribution in [1.29, 1.82) is 0 Å². The third-order valence-corrected chi connectivity index (χ3v) is 3.61. The minimum absolute atomic E-state index is 0.0928. The van der Waals surface area contributed by atoms with Crippen molar-refractivity contribution in [3.8, 4) is 0 Å². The molecule has 0 bridgehead atoms. The SMILES string of the molecule is CCCNC(c1ccc(CC)cc1)c1c(F)cccc1F. The van der Waals surface area contributed by atoms with E-state index in [0.717, 1.165) is 18.4 Å². The molecule has 0 radical (unpaired) electrons. The van der Waals surface area contributed by atoms with Crippen LogP contribution in [0.15, 0.2) is 42.5 Å². The minimum atomic E-state index is -0.511. The van der Waals surface area contributed by atoms with Gasteiger partial charge in [0.25, 0.3) is 0 Å². The van der Waals surface area contributed by atoms with Crippen LogP contribution in [0.5, 0.6) is 0 Å². The number of hydrogen-bond donors (Lipinski definition) is 1. The Hall–Kier alpha value is -1.74. The molecule has 0 saturated heterocycles. The molecule has 2 aromatic rings. The lowest BCUT2D eigenvalue weighted by atomic mass is 9.96. The van der Waals surface area contributed by atoms with Gasteiger partial charge < -0.3 is 5.32 Å². The number of benzene rings is 2. The van der Waals surface area contributed by atoms with Gasteiger partial charge in [0.05, 0.1) is 6.04 Å². The molecule has 0 fully saturated rings. The van der Waals surface area contributed by atoms with Crippen LogP contribution in [-0.2, 0) is 6.42 Å². The van der Waals surface area contributed by atoms with E-state index in [1.165, 1.54) is 23.8 Å². The van der Waals surface area contributed by atoms with Gasteiger partial charge in [-0.05, 0) is 42.6 Å². The molecule has 2 aromatic carbocycles. The summed E-state index contributed by atoms with van der Waals surface area (Å²) >= 11 is 0. The number of aryl methyl sites for hydroxylation is 1. The standard InChI is InChI=1S/C18H21F2N/c1-3-12-21-18(14-10-8-13(4-2)9-11-14)17-15(19)6-5-7-16(17)20/h5-11,18,21H,3-4,12H2,1-2H3. The molecule has 0 saturated carbocycles. The Labute approximate surface area is 125 Å². The molecule has 112 valence electrons. The number of hydrogen-bond acceptors (Lipinski definition) is 1. The summed E-state index contributed by atoms with van der Waals surface area (Å²) in [5.41, 5.74) is 2.18. The number of nitrogens with one attached hydrogen (secondary N) is 1. The quantitative estimate of drug-likeness (QED) is 0.818. The lowest BCUT2D eigenvalue weighted by molar-refractivity contribution is 0.503. The first-order valence-corrected chi connectivity index (χ1v) is 7.43. The van der Waals surface area contributed by atoms with E-state index in [2.05, 4.69) is 12.2 Å². The van der Waals surface area contributed by atoms with Gasteiger partial charge in [0.15, 0.2) is 0 Å². The molecule has 0 aliphatic rings. The third kappa shape index (κ3) is 3.67. The summed E-state index contributed by atoms with van der Waals surface area (Å²) in [6.45, 7) is 4.81. The van der Waals surface area contributed by atoms with Crippen LogP contribution in [0.25, 0.3) is 0 Å². The molecule has 0 spiro atoms. The van der Waals surface area contributed by atoms with E-state index < -0.39 is 17.7 Å². The zero-order valence-corrected chi connectivity index (χ0v) is 12.5. The monoisotopic (exact) mass is 289 g/mol. The summed E-state index contributed by atoms with van der Waals surface area (Å²) in [5.74, 6) is -1.02. The summed E-state index contributed by atoms with van der Waals surface area (Å²) < 4.78 is 28.2. The molecule has 0 aliphatic heterocycles. The van der Waals surface area contributed by atoms with Gasteiger partial charge in [-0.2, -0.15) is 0 Å². The highest BCUT2D eigenvalue weighted by Gasteiger charge is 2.21. The van der Waals surface area contributed by atoms with E-state index in [4.69, 9.17) is 0 Å². The van der Waals surface area contributed by atoms with Crippen molar-refractivity contribution >= 4 is 0 Å². The van der Waals surface area contributed by atoms with Crippen molar-refractivity contribution in [2.24, 2.45) is 0 Å². The fraction of sp³-hybridized carbons (Fsp3) is 0.333. The van der Waals surface area contributed by atoms with Gasteiger partial charge in [0.2, 0.25) is 0 Å². The highest BCUT2D eigenvalue weighted by Crippen LogP contribution is 2.27. The van der Waals surface area contributed by atoms with Crippen LogP contribution < -0.4 is 5.32 Å². The van der Waals surface area contributed by atoms with E-state index >= 15 is 0 Å². The largest absolute Gasteiger partial charge is 0.306 e. The predicted octanol–water partition coefficient (Wildman–Crippen LogP) is 4.62. The lowest BCUT2D eigenvalue weighted by Gasteiger charge is -2.21. The Morgan fingerprint density at radius 3 is 2.10 bits per heavy atom. The van der Waals surface area contributed by atoms with E-state index in [9.17, 15) is 8.78 Å². The first-order valence-electron chi connectivity index (χ1n) is 7.43. The van der Waals surface area contributed by atoms with Crippen LogP contribution in [0.3, 0.4) is 0 Å². The molecule has 1 unspecified atom stereocenters. The van der Waals surface area contributed by atoms with Crippen LogP contribution in [-0.4, -0.2) is 6.54 Å². The molecule has 0 heterocycles. The fourth-order valence-corrected chi connectivity index (χ4v) is 2.41. The molecule has 1 nitrogen and oxygen atoms in total. The zero-order valence-electron chi connectivity index (χ0n) is 12.5. The molecule has 1 N–H and O–H groups in total. The van der Waals surface area contributed by atoms with Crippen molar-refractivity contribution in [2.45, 2.75) is 32.7 Å². The summed E-state index contributed by atoms with van der Waals surface area (Å²) in [5, 5.41) is 3.24. The summed E-state index contributed by atoms with van der Waals surface area (Å²) in [6.07, 6.45) is 1.85. The zero-order chi connectivity index (χ0) is 15.2. The molecule has 0 aliphatic carbocycles. The van der Waals surface area contributed by atoms with Crippen molar-refractivity contribution < 1.29 is 8.78 Å². The van der Waals surface area contributed by atoms with Crippen LogP contribution in [0.4, 0.5) is 8.78 Å². The van der Waals surface area contributed by atoms with E-state index in [1.807, 2.05) is 31.2 Å². The Kier molecular flexibility index (Phi) is 5.45. The summed E-state index contributed by atoms with van der Waals surface area (Å²) in [4.78, 5) is 0. The Morgan fingerprint density at radius 2 is 1.57 bits per heavy atom. The molecule has 2 rings (SSSR count). The minimum Gasteiger partial charge on any atom is -0.306 e. The molecule has 0 amide bonds. The van der Waals surface area contributed by atoms with Crippen molar-refractivity contribution in [2.75, 3.05) is 6.54 Å². The molecule has 3 heteroatoms. The van der Waals surface area contributed by atoms with Gasteiger partial charge in [0.1, 0.15) is 11.6 Å². The third-order valence-electron chi connectivity index (χ3n) is 3.61. The van der Waals surface area contributed by atoms with Crippen LogP contribution in [0.1, 0.15) is 43.0 Å². The smallest absolute Gasteiger partial charge is 0.131 e. The predicted molar refractivity (Wildman–Crippen MR) is 82.3 cm³/mol. The maximum Gasteiger partial charge on any atom is 0.131 e. The molecular weight excluding hydrogens is 268 g/mol. The number of rotatable bonds is 6. The summed E-state index contributed by atoms with van der Waals surface area (Å²) in [7, 11) is 0. The molecule has 21 heavy (non-hydrogen) atoms. The summed E-state index contributed by atoms with van der Waals surface area (Å²) in [6, 6.07) is 11.4. The second kappa shape index (κ2) is 7.32. The normalized spacial score (nSPS) is 12.4. The van der Waals surface area contributed by atoms with Crippen molar-refractivity contribution in [1.82, 2.24) is 5.32 Å². The second-order valence-corrected chi connectivity index (χ2v) is 5.12. The maximum atomic E-state index is 14.1. The van der Waals surface area contributed by atoms with Gasteiger partial charge in [-0.15, -0.1) is 0 Å². The Morgan fingerprint density at radius 1 is 0.952 bits per heavy atom. The highest BCUT2D eigenvalue weighted by molar-refractivity contribution is 5.35. The van der Waals surface area contributed by atoms with Gasteiger partial charge in [-0.3, -0.25) is 0 Å². The first kappa shape index (κ1) is 15.6. The van der Waals surface area contributed by atoms with Gasteiger partial charge >= 0.3 is 0 Å². The van der Waals surface area contributed by atoms with Crippen LogP contribution in [0, 0.1) is 11.6 Å². The van der Waals surface area contributed by atoms with Crippen LogP contribution >= 0.6 is 0 Å². The average Bonchev–Trinajstić information content (AvgIpc) is 2.50. The van der Waals surface area contributed by atoms with Crippen molar-refractivity contribution in [3.63, 3.8) is 0 Å². The van der Waals surface area contributed by atoms with E-state index in [-0.39, 0.29) is 5.56 Å². The van der Waals surface area contributed by atoms with Crippen molar-refractivity contribution in [3.05, 3.63) is 70.8 Å². The van der Waals surface area contributed by atoms with Gasteiger partial charge in [0, 0.05) is 5.56 Å². The molecule has 1 atom stereocenters. The first-order chi connectivity index (χ1) is 10.2. The maximum absolute atomic E-state index is 14.1. The molecule has 0 aromatic heterocycles. The fourth-order valence-electron chi connectivity index (χ4n) is 2.41. The topological polar surface area (TPSA) is 12.0 Å². The van der Waals surface area contributed by atoms with Crippen LogP contribution in [0.2, 0.25) is 0 Å². The average molecular weight is 289 g/mol. The lowest BCUT2D eigenvalue weighted by Crippen LogP contribution is -2.25. The van der Waals surface area contributed by atoms with Gasteiger partial charge in [-0.25, -0.2) is 8.78 Å². The Balaban J connectivity index is 2.41. The number of halogens is 2.